The highest BCUT2D eigenvalue weighted by molar-refractivity contribution is 6.30. The van der Waals surface area contributed by atoms with Crippen molar-refractivity contribution in [2.24, 2.45) is 0 Å². The maximum atomic E-state index is 12.1. The van der Waals surface area contributed by atoms with E-state index in [4.69, 9.17) is 25.8 Å². The van der Waals surface area contributed by atoms with Crippen molar-refractivity contribution in [1.82, 2.24) is 14.8 Å². The van der Waals surface area contributed by atoms with Crippen molar-refractivity contribution in [3.05, 3.63) is 107 Å². The van der Waals surface area contributed by atoms with Gasteiger partial charge in [-0.1, -0.05) is 35.9 Å². The standard InChI is InChI=1S/C38H39ClN4O5/c39-29-6-4-27(5-7-29)32-11-9-31(47-23-20-41-18-21-46-22-19-41)24-28(32)26-42-14-16-43(17-15-42)30-8-10-34(38(44)45)37(25-30)48-36-3-1-2-35-33(36)12-13-40-35/h1-13,24-25,40H,14-23,26H2,(H,44,45). The van der Waals surface area contributed by atoms with Crippen molar-refractivity contribution in [2.45, 2.75) is 6.54 Å². The number of fused-ring (bicyclic) bond motifs is 1. The topological polar surface area (TPSA) is 90.5 Å². The summed E-state index contributed by atoms with van der Waals surface area (Å²) in [6.07, 6.45) is 1.85. The van der Waals surface area contributed by atoms with Gasteiger partial charge in [-0.15, -0.1) is 0 Å². The molecule has 0 amide bonds. The number of aromatic amines is 1. The van der Waals surface area contributed by atoms with Gasteiger partial charge in [-0.2, -0.15) is 0 Å². The van der Waals surface area contributed by atoms with Crippen LogP contribution in [0.5, 0.6) is 17.2 Å². The lowest BCUT2D eigenvalue weighted by molar-refractivity contribution is 0.0322. The van der Waals surface area contributed by atoms with Crippen molar-refractivity contribution >= 4 is 34.2 Å². The lowest BCUT2D eigenvalue weighted by Gasteiger charge is -2.36. The molecule has 2 aliphatic rings. The van der Waals surface area contributed by atoms with Crippen LogP contribution in [0.15, 0.2) is 91.1 Å². The van der Waals surface area contributed by atoms with Crippen molar-refractivity contribution in [3.63, 3.8) is 0 Å². The predicted molar refractivity (Wildman–Crippen MR) is 189 cm³/mol. The molecule has 2 saturated heterocycles. The van der Waals surface area contributed by atoms with Crippen LogP contribution in [0.25, 0.3) is 22.0 Å². The van der Waals surface area contributed by atoms with Crippen molar-refractivity contribution in [3.8, 4) is 28.4 Å². The summed E-state index contributed by atoms with van der Waals surface area (Å²) in [4.78, 5) is 22.4. The number of anilines is 1. The van der Waals surface area contributed by atoms with E-state index in [2.05, 4.69) is 50.0 Å². The number of halogens is 1. The number of aromatic carboxylic acids is 1. The molecule has 10 heteroatoms. The number of rotatable bonds is 11. The highest BCUT2D eigenvalue weighted by Gasteiger charge is 2.22. The zero-order chi connectivity index (χ0) is 32.9. The quantitative estimate of drug-likeness (QED) is 0.156. The first-order chi connectivity index (χ1) is 23.5. The van der Waals surface area contributed by atoms with E-state index >= 15 is 0 Å². The molecular formula is C38H39ClN4O5. The fourth-order valence-electron chi connectivity index (χ4n) is 6.46. The van der Waals surface area contributed by atoms with Crippen molar-refractivity contribution in [2.75, 3.05) is 70.5 Å². The number of hydrogen-bond donors (Lipinski definition) is 2. The second-order valence-corrected chi connectivity index (χ2v) is 12.6. The Hall–Kier alpha value is -4.54. The van der Waals surface area contributed by atoms with Crippen LogP contribution in [0.1, 0.15) is 15.9 Å². The number of H-pyrrole nitrogens is 1. The number of nitrogens with one attached hydrogen (secondary N) is 1. The van der Waals surface area contributed by atoms with Gasteiger partial charge in [0, 0.05) is 86.2 Å². The van der Waals surface area contributed by atoms with Gasteiger partial charge in [0.25, 0.3) is 0 Å². The summed E-state index contributed by atoms with van der Waals surface area (Å²) < 4.78 is 18.0. The number of carbonyl (C=O) groups is 1. The fourth-order valence-corrected chi connectivity index (χ4v) is 6.58. The lowest BCUT2D eigenvalue weighted by Crippen LogP contribution is -2.46. The molecule has 4 aromatic carbocycles. The Morgan fingerprint density at radius 1 is 0.854 bits per heavy atom. The van der Waals surface area contributed by atoms with E-state index in [0.717, 1.165) is 99.0 Å². The van der Waals surface area contributed by atoms with Crippen LogP contribution in [-0.4, -0.2) is 91.5 Å². The summed E-state index contributed by atoms with van der Waals surface area (Å²) >= 11 is 6.21. The molecule has 9 nitrogen and oxygen atoms in total. The zero-order valence-electron chi connectivity index (χ0n) is 26.7. The highest BCUT2D eigenvalue weighted by atomic mass is 35.5. The first-order valence-corrected chi connectivity index (χ1v) is 16.8. The number of carboxylic acid groups (broad SMARTS) is 1. The first-order valence-electron chi connectivity index (χ1n) is 16.4. The van der Waals surface area contributed by atoms with Gasteiger partial charge in [0.1, 0.15) is 29.4 Å². The normalized spacial score (nSPS) is 15.9. The Kier molecular flexibility index (Phi) is 9.81. The van der Waals surface area contributed by atoms with Crippen molar-refractivity contribution < 1.29 is 24.1 Å². The third-order valence-corrected chi connectivity index (χ3v) is 9.37. The zero-order valence-corrected chi connectivity index (χ0v) is 27.5. The summed E-state index contributed by atoms with van der Waals surface area (Å²) in [6.45, 7) is 9.02. The van der Waals surface area contributed by atoms with Gasteiger partial charge in [-0.25, -0.2) is 4.79 Å². The number of hydrogen-bond acceptors (Lipinski definition) is 7. The SMILES string of the molecule is O=C(O)c1ccc(N2CCN(Cc3cc(OCCN4CCOCC4)ccc3-c3ccc(Cl)cc3)CC2)cc1Oc1cccc2[nH]ccc12. The van der Waals surface area contributed by atoms with E-state index in [-0.39, 0.29) is 5.56 Å². The summed E-state index contributed by atoms with van der Waals surface area (Å²) in [7, 11) is 0. The molecule has 248 valence electrons. The van der Waals surface area contributed by atoms with Crippen LogP contribution in [-0.2, 0) is 11.3 Å². The maximum Gasteiger partial charge on any atom is 0.339 e. The van der Waals surface area contributed by atoms with Gasteiger partial charge in [0.05, 0.1) is 13.2 Å². The molecule has 2 aliphatic heterocycles. The molecule has 0 spiro atoms. The Bertz CT molecular complexity index is 1860. The third-order valence-electron chi connectivity index (χ3n) is 9.11. The van der Waals surface area contributed by atoms with Crippen LogP contribution in [0.3, 0.4) is 0 Å². The number of morpholine rings is 1. The summed E-state index contributed by atoms with van der Waals surface area (Å²) in [5, 5.41) is 11.5. The molecular weight excluding hydrogens is 628 g/mol. The molecule has 0 saturated carbocycles. The minimum absolute atomic E-state index is 0.131. The first kappa shape index (κ1) is 32.0. The maximum absolute atomic E-state index is 12.1. The van der Waals surface area contributed by atoms with Crippen LogP contribution < -0.4 is 14.4 Å². The van der Waals surface area contributed by atoms with Gasteiger partial charge >= 0.3 is 5.97 Å². The van der Waals surface area contributed by atoms with Crippen LogP contribution >= 0.6 is 11.6 Å². The van der Waals surface area contributed by atoms with Gasteiger partial charge in [0.2, 0.25) is 0 Å². The Balaban J connectivity index is 1.05. The summed E-state index contributed by atoms with van der Waals surface area (Å²) in [5.74, 6) is 0.790. The van der Waals surface area contributed by atoms with E-state index in [0.29, 0.717) is 23.1 Å². The van der Waals surface area contributed by atoms with Gasteiger partial charge < -0.3 is 29.2 Å². The second-order valence-electron chi connectivity index (χ2n) is 12.2. The van der Waals surface area contributed by atoms with E-state index in [1.807, 2.05) is 54.7 Å². The molecule has 0 atom stereocenters. The van der Waals surface area contributed by atoms with Gasteiger partial charge in [0.15, 0.2) is 0 Å². The predicted octanol–water partition coefficient (Wildman–Crippen LogP) is 7.01. The Morgan fingerprint density at radius 2 is 1.67 bits per heavy atom. The van der Waals surface area contributed by atoms with E-state index in [1.165, 1.54) is 5.56 Å². The molecule has 2 fully saturated rings. The molecule has 1 aromatic heterocycles. The number of piperazine rings is 1. The van der Waals surface area contributed by atoms with Crippen LogP contribution in [0.2, 0.25) is 5.02 Å². The van der Waals surface area contributed by atoms with Crippen LogP contribution in [0, 0.1) is 0 Å². The number of benzene rings is 4. The molecule has 7 rings (SSSR count). The molecule has 0 unspecified atom stereocenters. The second kappa shape index (κ2) is 14.7. The minimum Gasteiger partial charge on any atom is -0.492 e. The Labute approximate surface area is 285 Å². The number of carboxylic acids is 1. The monoisotopic (exact) mass is 666 g/mol. The number of nitrogens with zero attached hydrogens (tertiary/aromatic N) is 3. The van der Waals surface area contributed by atoms with Gasteiger partial charge in [-0.3, -0.25) is 9.80 Å². The summed E-state index contributed by atoms with van der Waals surface area (Å²) in [5.41, 5.74) is 5.49. The minimum atomic E-state index is -1.02. The van der Waals surface area contributed by atoms with Crippen LogP contribution in [0.4, 0.5) is 5.69 Å². The fraction of sp³-hybridized carbons (Fsp3) is 0.289. The van der Waals surface area contributed by atoms with E-state index in [9.17, 15) is 9.90 Å². The number of ether oxygens (including phenoxy) is 3. The molecule has 0 bridgehead atoms. The van der Waals surface area contributed by atoms with Gasteiger partial charge in [-0.05, 0) is 71.3 Å². The largest absolute Gasteiger partial charge is 0.492 e. The molecule has 5 aromatic rings. The highest BCUT2D eigenvalue weighted by Crippen LogP contribution is 2.35. The van der Waals surface area contributed by atoms with E-state index < -0.39 is 5.97 Å². The molecule has 2 N–H and O–H groups in total. The average Bonchev–Trinajstić information content (AvgIpc) is 3.60. The summed E-state index contributed by atoms with van der Waals surface area (Å²) in [6, 6.07) is 27.4. The molecule has 48 heavy (non-hydrogen) atoms. The molecule has 0 aliphatic carbocycles. The Morgan fingerprint density at radius 3 is 2.46 bits per heavy atom. The number of aromatic nitrogens is 1. The lowest BCUT2D eigenvalue weighted by atomic mass is 9.98. The van der Waals surface area contributed by atoms with E-state index in [1.54, 1.807) is 6.07 Å². The average molecular weight is 667 g/mol. The smallest absolute Gasteiger partial charge is 0.339 e. The third kappa shape index (κ3) is 7.45. The van der Waals surface area contributed by atoms with Crippen molar-refractivity contribution in [1.29, 1.82) is 0 Å². The molecule has 0 radical (unpaired) electrons. The molecule has 3 heterocycles.